The van der Waals surface area contributed by atoms with Crippen LogP contribution in [0.4, 0.5) is 4.79 Å². The molecule has 1 aromatic rings. The lowest BCUT2D eigenvalue weighted by Gasteiger charge is -2.28. The number of hydrogen-bond donors (Lipinski definition) is 1. The highest BCUT2D eigenvalue weighted by molar-refractivity contribution is 14.1. The number of halogens is 3. The van der Waals surface area contributed by atoms with Crippen molar-refractivity contribution in [2.75, 3.05) is 44.8 Å². The number of nitrogens with zero attached hydrogens (tertiary/aromatic N) is 2. The summed E-state index contributed by atoms with van der Waals surface area (Å²) in [6, 6.07) is 5.11. The van der Waals surface area contributed by atoms with Gasteiger partial charge in [0.15, 0.2) is 0 Å². The highest BCUT2D eigenvalue weighted by Crippen LogP contribution is 2.24. The average molecular weight is 488 g/mol. The van der Waals surface area contributed by atoms with Crippen LogP contribution in [0.5, 0.6) is 5.75 Å². The lowest BCUT2D eigenvalue weighted by atomic mass is 10.3. The van der Waals surface area contributed by atoms with E-state index in [0.29, 0.717) is 35.5 Å². The van der Waals surface area contributed by atoms with E-state index in [4.69, 9.17) is 27.9 Å². The van der Waals surface area contributed by atoms with Gasteiger partial charge in [0.05, 0.1) is 6.54 Å². The summed E-state index contributed by atoms with van der Waals surface area (Å²) in [5.41, 5.74) is 0. The number of rotatable bonds is 9. The van der Waals surface area contributed by atoms with E-state index in [9.17, 15) is 4.79 Å². The van der Waals surface area contributed by atoms with Crippen LogP contribution >= 0.6 is 45.8 Å². The molecule has 0 heterocycles. The van der Waals surface area contributed by atoms with Crippen LogP contribution in [0.25, 0.3) is 0 Å². The van der Waals surface area contributed by atoms with Gasteiger partial charge in [0.2, 0.25) is 0 Å². The number of hydrogen-bond acceptors (Lipinski definition) is 3. The molecule has 0 fully saturated rings. The number of urea groups is 1. The maximum absolute atomic E-state index is 12.4. The molecule has 0 saturated heterocycles. The third-order valence-corrected chi connectivity index (χ3v) is 5.00. The molecule has 0 radical (unpaired) electrons. The Labute approximate surface area is 167 Å². The summed E-state index contributed by atoms with van der Waals surface area (Å²) in [6.45, 7) is 4.30. The summed E-state index contributed by atoms with van der Waals surface area (Å²) >= 11 is 14.2. The van der Waals surface area contributed by atoms with E-state index in [0.717, 1.165) is 11.0 Å². The van der Waals surface area contributed by atoms with Gasteiger partial charge in [-0.2, -0.15) is 0 Å². The number of ether oxygens (including phenoxy) is 1. The van der Waals surface area contributed by atoms with E-state index in [1.54, 1.807) is 23.1 Å². The number of likely N-dealkylation sites (N-methyl/N-ethyl adjacent to an activating group) is 1. The van der Waals surface area contributed by atoms with E-state index < -0.39 is 0 Å². The van der Waals surface area contributed by atoms with Gasteiger partial charge in [-0.15, -0.1) is 0 Å². The van der Waals surface area contributed by atoms with Crippen molar-refractivity contribution >= 4 is 51.8 Å². The number of alkyl halides is 1. The van der Waals surface area contributed by atoms with Gasteiger partial charge in [-0.25, -0.2) is 4.79 Å². The van der Waals surface area contributed by atoms with E-state index in [-0.39, 0.29) is 12.1 Å². The maximum Gasteiger partial charge on any atom is 0.317 e. The normalized spacial score (nSPS) is 12.1. The van der Waals surface area contributed by atoms with Gasteiger partial charge >= 0.3 is 6.03 Å². The second kappa shape index (κ2) is 11.2. The van der Waals surface area contributed by atoms with Crippen LogP contribution < -0.4 is 10.1 Å². The molecule has 2 amide bonds. The minimum Gasteiger partial charge on any atom is -0.492 e. The van der Waals surface area contributed by atoms with Gasteiger partial charge in [-0.05, 0) is 39.2 Å². The first kappa shape index (κ1) is 21.6. The van der Waals surface area contributed by atoms with Crippen LogP contribution in [0.15, 0.2) is 18.2 Å². The van der Waals surface area contributed by atoms with Gasteiger partial charge in [-0.3, -0.25) is 0 Å². The van der Waals surface area contributed by atoms with Crippen LogP contribution in [-0.4, -0.2) is 66.6 Å². The molecule has 0 aromatic heterocycles. The van der Waals surface area contributed by atoms with E-state index in [1.165, 1.54) is 0 Å². The Kier molecular flexibility index (Phi) is 10.1. The molecule has 0 bridgehead atoms. The molecule has 0 aliphatic rings. The van der Waals surface area contributed by atoms with Crippen molar-refractivity contribution in [1.29, 1.82) is 0 Å². The van der Waals surface area contributed by atoms with Gasteiger partial charge in [0.25, 0.3) is 0 Å². The van der Waals surface area contributed by atoms with Crippen molar-refractivity contribution in [1.82, 2.24) is 15.1 Å². The standard InChI is InChI=1S/C16H24Cl2IN3O2/c1-12(11-19)22(16(23)20-4-5-21(2)3)6-7-24-15-9-13(17)8-14(18)10-15/h8-10,12H,4-7,11H2,1-3H3,(H,20,23). The Morgan fingerprint density at radius 2 is 1.88 bits per heavy atom. The fourth-order valence-corrected chi connectivity index (χ4v) is 2.95. The van der Waals surface area contributed by atoms with Crippen LogP contribution in [0.2, 0.25) is 10.0 Å². The van der Waals surface area contributed by atoms with Crippen molar-refractivity contribution in [3.63, 3.8) is 0 Å². The highest BCUT2D eigenvalue weighted by atomic mass is 127. The van der Waals surface area contributed by atoms with Gasteiger partial charge < -0.3 is 19.9 Å². The number of carbonyl (C=O) groups excluding carboxylic acids is 1. The molecule has 136 valence electrons. The smallest absolute Gasteiger partial charge is 0.317 e. The van der Waals surface area contributed by atoms with Crippen molar-refractivity contribution in [2.45, 2.75) is 13.0 Å². The van der Waals surface area contributed by atoms with Gasteiger partial charge in [0, 0.05) is 33.6 Å². The summed E-state index contributed by atoms with van der Waals surface area (Å²) in [7, 11) is 3.95. The molecule has 1 rings (SSSR count). The van der Waals surface area contributed by atoms with Crippen molar-refractivity contribution < 1.29 is 9.53 Å². The molecule has 24 heavy (non-hydrogen) atoms. The van der Waals surface area contributed by atoms with Gasteiger partial charge in [-0.1, -0.05) is 45.8 Å². The zero-order valence-electron chi connectivity index (χ0n) is 14.2. The quantitative estimate of drug-likeness (QED) is 0.426. The van der Waals surface area contributed by atoms with Crippen LogP contribution in [0.1, 0.15) is 6.92 Å². The molecule has 0 aliphatic heterocycles. The SMILES string of the molecule is CC(CI)N(CCOc1cc(Cl)cc(Cl)c1)C(=O)NCCN(C)C. The zero-order chi connectivity index (χ0) is 18.1. The Morgan fingerprint density at radius 1 is 1.25 bits per heavy atom. The summed E-state index contributed by atoms with van der Waals surface area (Å²) in [6.07, 6.45) is 0. The number of nitrogens with one attached hydrogen (secondary N) is 1. The van der Waals surface area contributed by atoms with Crippen molar-refractivity contribution in [2.24, 2.45) is 0 Å². The molecule has 0 saturated carbocycles. The Morgan fingerprint density at radius 3 is 2.42 bits per heavy atom. The molecular formula is C16H24Cl2IN3O2. The van der Waals surface area contributed by atoms with E-state index >= 15 is 0 Å². The Bertz CT molecular complexity index is 512. The first-order valence-corrected chi connectivity index (χ1v) is 9.95. The van der Waals surface area contributed by atoms with Crippen molar-refractivity contribution in [3.05, 3.63) is 28.2 Å². The average Bonchev–Trinajstić information content (AvgIpc) is 2.49. The van der Waals surface area contributed by atoms with Crippen LogP contribution in [0.3, 0.4) is 0 Å². The number of benzene rings is 1. The predicted octanol–water partition coefficient (Wildman–Crippen LogP) is 3.77. The fourth-order valence-electron chi connectivity index (χ4n) is 1.97. The molecular weight excluding hydrogens is 464 g/mol. The largest absolute Gasteiger partial charge is 0.492 e. The minimum atomic E-state index is -0.0752. The number of carbonyl (C=O) groups is 1. The molecule has 0 aliphatic carbocycles. The molecule has 0 spiro atoms. The van der Waals surface area contributed by atoms with Crippen molar-refractivity contribution in [3.8, 4) is 5.75 Å². The third-order valence-electron chi connectivity index (χ3n) is 3.29. The lowest BCUT2D eigenvalue weighted by Crippen LogP contribution is -2.48. The highest BCUT2D eigenvalue weighted by Gasteiger charge is 2.19. The van der Waals surface area contributed by atoms with Gasteiger partial charge in [0.1, 0.15) is 12.4 Å². The zero-order valence-corrected chi connectivity index (χ0v) is 17.9. The molecule has 1 unspecified atom stereocenters. The second-order valence-electron chi connectivity index (χ2n) is 5.69. The second-order valence-corrected chi connectivity index (χ2v) is 7.44. The Balaban J connectivity index is 2.54. The fraction of sp³-hybridized carbons (Fsp3) is 0.562. The topological polar surface area (TPSA) is 44.8 Å². The molecule has 1 aromatic carbocycles. The van der Waals surface area contributed by atoms with E-state index in [1.807, 2.05) is 25.9 Å². The molecule has 1 N–H and O–H groups in total. The predicted molar refractivity (Wildman–Crippen MR) is 109 cm³/mol. The summed E-state index contributed by atoms with van der Waals surface area (Å²) < 4.78 is 6.53. The monoisotopic (exact) mass is 487 g/mol. The van der Waals surface area contributed by atoms with Crippen LogP contribution in [-0.2, 0) is 0 Å². The van der Waals surface area contributed by atoms with E-state index in [2.05, 4.69) is 27.9 Å². The third kappa shape index (κ3) is 8.09. The van der Waals surface area contributed by atoms with Crippen LogP contribution in [0, 0.1) is 0 Å². The first-order chi connectivity index (χ1) is 11.3. The summed E-state index contributed by atoms with van der Waals surface area (Å²) in [4.78, 5) is 16.2. The molecule has 5 nitrogen and oxygen atoms in total. The lowest BCUT2D eigenvalue weighted by molar-refractivity contribution is 0.167. The summed E-state index contributed by atoms with van der Waals surface area (Å²) in [5.74, 6) is 0.600. The maximum atomic E-state index is 12.4. The number of amides is 2. The summed E-state index contributed by atoms with van der Waals surface area (Å²) in [5, 5.41) is 3.99. The molecule has 1 atom stereocenters. The Hall–Kier alpha value is -0.440. The minimum absolute atomic E-state index is 0.0752. The first-order valence-electron chi connectivity index (χ1n) is 7.67. The molecule has 8 heteroatoms.